The summed E-state index contributed by atoms with van der Waals surface area (Å²) in [6.07, 6.45) is 3.73. The van der Waals surface area contributed by atoms with Gasteiger partial charge in [-0.2, -0.15) is 0 Å². The fraction of sp³-hybridized carbons (Fsp3) is 0.533. The Morgan fingerprint density at radius 1 is 1.21 bits per heavy atom. The van der Waals surface area contributed by atoms with E-state index in [1.54, 1.807) is 0 Å². The van der Waals surface area contributed by atoms with Crippen molar-refractivity contribution in [1.82, 2.24) is 0 Å². The van der Waals surface area contributed by atoms with E-state index in [2.05, 4.69) is 12.6 Å². The van der Waals surface area contributed by atoms with Gasteiger partial charge in [0.1, 0.15) is 5.75 Å². The van der Waals surface area contributed by atoms with Crippen molar-refractivity contribution >= 4 is 18.6 Å². The molecule has 0 bridgehead atoms. The van der Waals surface area contributed by atoms with E-state index in [4.69, 9.17) is 9.47 Å². The summed E-state index contributed by atoms with van der Waals surface area (Å²) in [6.45, 7) is 2.31. The first kappa shape index (κ1) is 14.3. The van der Waals surface area contributed by atoms with Gasteiger partial charge in [-0.1, -0.05) is 0 Å². The fourth-order valence-electron chi connectivity index (χ4n) is 2.39. The van der Waals surface area contributed by atoms with E-state index in [1.807, 2.05) is 31.2 Å². The number of carbonyl (C=O) groups is 1. The molecule has 0 aliphatic heterocycles. The lowest BCUT2D eigenvalue weighted by Gasteiger charge is -2.27. The van der Waals surface area contributed by atoms with Crippen LogP contribution in [-0.4, -0.2) is 18.7 Å². The standard InChI is InChI=1S/C15H20O3S/c1-2-17-15(16)11-3-5-12(6-4-11)18-13-7-9-14(19)10-8-13/h7-12,19H,2-6H2,1H3. The highest BCUT2D eigenvalue weighted by Gasteiger charge is 2.28. The van der Waals surface area contributed by atoms with E-state index < -0.39 is 0 Å². The van der Waals surface area contributed by atoms with Gasteiger partial charge in [0.05, 0.1) is 18.6 Å². The number of rotatable bonds is 4. The summed E-state index contributed by atoms with van der Waals surface area (Å²) >= 11 is 4.24. The van der Waals surface area contributed by atoms with E-state index in [0.29, 0.717) is 6.61 Å². The highest BCUT2D eigenvalue weighted by atomic mass is 32.1. The Kier molecular flexibility index (Phi) is 5.14. The molecular weight excluding hydrogens is 260 g/mol. The van der Waals surface area contributed by atoms with Gasteiger partial charge in [-0.25, -0.2) is 0 Å². The summed E-state index contributed by atoms with van der Waals surface area (Å²) in [5, 5.41) is 0. The molecule has 0 radical (unpaired) electrons. The monoisotopic (exact) mass is 280 g/mol. The van der Waals surface area contributed by atoms with Gasteiger partial charge >= 0.3 is 5.97 Å². The molecule has 3 nitrogen and oxygen atoms in total. The normalized spacial score (nSPS) is 22.8. The van der Waals surface area contributed by atoms with Crippen molar-refractivity contribution in [3.8, 4) is 5.75 Å². The number of thiol groups is 1. The lowest BCUT2D eigenvalue weighted by molar-refractivity contribution is -0.149. The third kappa shape index (κ3) is 4.16. The van der Waals surface area contributed by atoms with Crippen LogP contribution in [0.1, 0.15) is 32.6 Å². The van der Waals surface area contributed by atoms with Crippen LogP contribution in [0.4, 0.5) is 0 Å². The van der Waals surface area contributed by atoms with E-state index in [9.17, 15) is 4.79 Å². The minimum Gasteiger partial charge on any atom is -0.490 e. The molecule has 4 heteroatoms. The molecule has 1 aromatic rings. The van der Waals surface area contributed by atoms with Crippen LogP contribution in [0.3, 0.4) is 0 Å². The highest BCUT2D eigenvalue weighted by molar-refractivity contribution is 7.80. The first-order chi connectivity index (χ1) is 9.19. The van der Waals surface area contributed by atoms with E-state index in [1.165, 1.54) is 0 Å². The van der Waals surface area contributed by atoms with Crippen molar-refractivity contribution in [2.24, 2.45) is 5.92 Å². The molecule has 0 spiro atoms. The van der Waals surface area contributed by atoms with Gasteiger partial charge in [0.25, 0.3) is 0 Å². The van der Waals surface area contributed by atoms with Gasteiger partial charge in [-0.3, -0.25) is 4.79 Å². The molecule has 1 saturated carbocycles. The molecule has 104 valence electrons. The summed E-state index contributed by atoms with van der Waals surface area (Å²) < 4.78 is 11.0. The SMILES string of the molecule is CCOC(=O)C1CCC(Oc2ccc(S)cc2)CC1. The maximum absolute atomic E-state index is 11.6. The average molecular weight is 280 g/mol. The van der Waals surface area contributed by atoms with Crippen molar-refractivity contribution < 1.29 is 14.3 Å². The van der Waals surface area contributed by atoms with Gasteiger partial charge in [0.2, 0.25) is 0 Å². The van der Waals surface area contributed by atoms with Gasteiger partial charge in [0.15, 0.2) is 0 Å². The second kappa shape index (κ2) is 6.85. The topological polar surface area (TPSA) is 35.5 Å². The van der Waals surface area contributed by atoms with Crippen LogP contribution in [0.25, 0.3) is 0 Å². The van der Waals surface area contributed by atoms with Crippen molar-refractivity contribution in [1.29, 1.82) is 0 Å². The molecule has 0 unspecified atom stereocenters. The molecule has 0 atom stereocenters. The number of hydrogen-bond acceptors (Lipinski definition) is 4. The van der Waals surface area contributed by atoms with E-state index in [-0.39, 0.29) is 18.0 Å². The third-order valence-corrected chi connectivity index (χ3v) is 3.73. The van der Waals surface area contributed by atoms with E-state index >= 15 is 0 Å². The molecule has 0 amide bonds. The minimum atomic E-state index is -0.0552. The Morgan fingerprint density at radius 3 is 2.42 bits per heavy atom. The molecule has 1 fully saturated rings. The Morgan fingerprint density at radius 2 is 1.84 bits per heavy atom. The summed E-state index contributed by atoms with van der Waals surface area (Å²) in [5.74, 6) is 0.873. The van der Waals surface area contributed by atoms with Crippen molar-refractivity contribution in [3.63, 3.8) is 0 Å². The summed E-state index contributed by atoms with van der Waals surface area (Å²) in [4.78, 5) is 12.6. The van der Waals surface area contributed by atoms with Crippen molar-refractivity contribution in [2.45, 2.75) is 43.6 Å². The predicted molar refractivity (Wildman–Crippen MR) is 76.7 cm³/mol. The van der Waals surface area contributed by atoms with Crippen LogP contribution in [0, 0.1) is 5.92 Å². The number of benzene rings is 1. The van der Waals surface area contributed by atoms with Crippen LogP contribution in [0.2, 0.25) is 0 Å². The fourth-order valence-corrected chi connectivity index (χ4v) is 2.54. The van der Waals surface area contributed by atoms with Crippen LogP contribution in [0.15, 0.2) is 29.2 Å². The Labute approximate surface area is 119 Å². The van der Waals surface area contributed by atoms with Crippen molar-refractivity contribution in [3.05, 3.63) is 24.3 Å². The molecule has 2 rings (SSSR count). The van der Waals surface area contributed by atoms with Crippen molar-refractivity contribution in [2.75, 3.05) is 6.61 Å². The molecule has 1 aromatic carbocycles. The minimum absolute atomic E-state index is 0.0552. The number of hydrogen-bond donors (Lipinski definition) is 1. The summed E-state index contributed by atoms with van der Waals surface area (Å²) in [5.41, 5.74) is 0. The Balaban J connectivity index is 1.80. The average Bonchev–Trinajstić information content (AvgIpc) is 2.42. The van der Waals surface area contributed by atoms with Crippen LogP contribution < -0.4 is 4.74 Å². The quantitative estimate of drug-likeness (QED) is 0.677. The number of esters is 1. The first-order valence-corrected chi connectivity index (χ1v) is 7.26. The molecule has 1 aliphatic carbocycles. The zero-order valence-electron chi connectivity index (χ0n) is 11.2. The van der Waals surface area contributed by atoms with E-state index in [0.717, 1.165) is 36.3 Å². The van der Waals surface area contributed by atoms with Gasteiger partial charge in [-0.05, 0) is 56.9 Å². The Bertz CT molecular complexity index is 408. The maximum Gasteiger partial charge on any atom is 0.308 e. The number of ether oxygens (including phenoxy) is 2. The van der Waals surface area contributed by atoms with Crippen LogP contribution in [0.5, 0.6) is 5.75 Å². The Hall–Kier alpha value is -1.16. The second-order valence-corrected chi connectivity index (χ2v) is 5.35. The van der Waals surface area contributed by atoms with Gasteiger partial charge < -0.3 is 9.47 Å². The third-order valence-electron chi connectivity index (χ3n) is 3.43. The predicted octanol–water partition coefficient (Wildman–Crippen LogP) is 3.48. The zero-order chi connectivity index (χ0) is 13.7. The number of carbonyl (C=O) groups excluding carboxylic acids is 1. The van der Waals surface area contributed by atoms with Crippen LogP contribution in [-0.2, 0) is 9.53 Å². The molecule has 0 saturated heterocycles. The first-order valence-electron chi connectivity index (χ1n) is 6.81. The zero-order valence-corrected chi connectivity index (χ0v) is 12.1. The van der Waals surface area contributed by atoms with Crippen LogP contribution >= 0.6 is 12.6 Å². The molecule has 19 heavy (non-hydrogen) atoms. The molecule has 0 aromatic heterocycles. The van der Waals surface area contributed by atoms with Gasteiger partial charge in [0, 0.05) is 4.90 Å². The lowest BCUT2D eigenvalue weighted by Crippen LogP contribution is -2.29. The summed E-state index contributed by atoms with van der Waals surface area (Å²) in [6, 6.07) is 7.70. The largest absolute Gasteiger partial charge is 0.490 e. The lowest BCUT2D eigenvalue weighted by atomic mass is 9.87. The molecule has 0 N–H and O–H groups in total. The maximum atomic E-state index is 11.6. The van der Waals surface area contributed by atoms with Gasteiger partial charge in [-0.15, -0.1) is 12.6 Å². The highest BCUT2D eigenvalue weighted by Crippen LogP contribution is 2.28. The molecular formula is C15H20O3S. The molecule has 0 heterocycles. The molecule has 1 aliphatic rings. The summed E-state index contributed by atoms with van der Waals surface area (Å²) in [7, 11) is 0. The smallest absolute Gasteiger partial charge is 0.308 e. The second-order valence-electron chi connectivity index (χ2n) is 4.84.